The molecule has 104 valence electrons. The van der Waals surface area contributed by atoms with Crippen molar-refractivity contribution in [3.05, 3.63) is 41.6 Å². The molecule has 0 amide bonds. The Labute approximate surface area is 117 Å². The first-order valence-electron chi connectivity index (χ1n) is 7.23. The van der Waals surface area contributed by atoms with Gasteiger partial charge in [-0.25, -0.2) is 14.1 Å². The zero-order valence-corrected chi connectivity index (χ0v) is 11.2. The van der Waals surface area contributed by atoms with Crippen LogP contribution in [0.25, 0.3) is 5.82 Å². The van der Waals surface area contributed by atoms with Crippen molar-refractivity contribution in [2.24, 2.45) is 0 Å². The lowest BCUT2D eigenvalue weighted by Crippen LogP contribution is -2.18. The van der Waals surface area contributed by atoms with E-state index in [2.05, 4.69) is 15.4 Å². The second-order valence-corrected chi connectivity index (χ2v) is 5.75. The number of pyridine rings is 1. The fourth-order valence-electron chi connectivity index (χ4n) is 2.40. The molecule has 4 nitrogen and oxygen atoms in total. The van der Waals surface area contributed by atoms with Gasteiger partial charge in [-0.05, 0) is 37.8 Å². The highest BCUT2D eigenvalue weighted by Gasteiger charge is 2.26. The lowest BCUT2D eigenvalue weighted by Gasteiger charge is -2.09. The molecule has 0 aromatic carbocycles. The normalized spacial score (nSPS) is 18.4. The van der Waals surface area contributed by atoms with Gasteiger partial charge in [0.15, 0.2) is 5.82 Å². The summed E-state index contributed by atoms with van der Waals surface area (Å²) < 4.78 is 15.2. The highest BCUT2D eigenvalue weighted by atomic mass is 19.1. The van der Waals surface area contributed by atoms with Crippen molar-refractivity contribution in [3.63, 3.8) is 0 Å². The summed E-state index contributed by atoms with van der Waals surface area (Å²) in [6.45, 7) is 0.642. The number of rotatable bonds is 5. The van der Waals surface area contributed by atoms with Gasteiger partial charge in [-0.2, -0.15) is 5.10 Å². The molecule has 0 radical (unpaired) electrons. The van der Waals surface area contributed by atoms with Gasteiger partial charge >= 0.3 is 0 Å². The van der Waals surface area contributed by atoms with Gasteiger partial charge in [0, 0.05) is 30.3 Å². The van der Waals surface area contributed by atoms with E-state index in [1.807, 2.05) is 12.3 Å². The zero-order valence-electron chi connectivity index (χ0n) is 11.2. The number of nitrogens with zero attached hydrogens (tertiary/aromatic N) is 3. The Kier molecular flexibility index (Phi) is 2.80. The second kappa shape index (κ2) is 4.66. The third-order valence-electron chi connectivity index (χ3n) is 3.89. The quantitative estimate of drug-likeness (QED) is 0.909. The molecule has 2 aliphatic rings. The zero-order chi connectivity index (χ0) is 13.5. The summed E-state index contributed by atoms with van der Waals surface area (Å²) in [6.07, 6.45) is 8.06. The van der Waals surface area contributed by atoms with Crippen LogP contribution in [0.3, 0.4) is 0 Å². The Balaban J connectivity index is 1.63. The van der Waals surface area contributed by atoms with Gasteiger partial charge in [0.05, 0.1) is 11.9 Å². The lowest BCUT2D eigenvalue weighted by molar-refractivity contribution is 0.607. The molecule has 5 heteroatoms. The van der Waals surface area contributed by atoms with Gasteiger partial charge in [-0.3, -0.25) is 0 Å². The fraction of sp³-hybridized carbons (Fsp3) is 0.467. The number of hydrogen-bond acceptors (Lipinski definition) is 3. The molecule has 20 heavy (non-hydrogen) atoms. The van der Waals surface area contributed by atoms with E-state index in [1.54, 1.807) is 10.7 Å². The average molecular weight is 272 g/mol. The smallest absolute Gasteiger partial charge is 0.157 e. The monoisotopic (exact) mass is 272 g/mol. The number of aromatic nitrogens is 3. The summed E-state index contributed by atoms with van der Waals surface area (Å²) in [5, 5.41) is 7.98. The van der Waals surface area contributed by atoms with Gasteiger partial charge in [0.1, 0.15) is 5.82 Å². The summed E-state index contributed by atoms with van der Waals surface area (Å²) in [5.41, 5.74) is 1.99. The maximum Gasteiger partial charge on any atom is 0.157 e. The minimum atomic E-state index is -0.295. The van der Waals surface area contributed by atoms with Crippen molar-refractivity contribution in [2.75, 3.05) is 0 Å². The van der Waals surface area contributed by atoms with E-state index in [9.17, 15) is 4.39 Å². The van der Waals surface area contributed by atoms with E-state index in [0.717, 1.165) is 17.1 Å². The van der Waals surface area contributed by atoms with Crippen molar-refractivity contribution in [1.29, 1.82) is 0 Å². The SMILES string of the molecule is Fc1cnc(-n2ccc(C3CC3)n2)c(CNC2CC2)c1. The van der Waals surface area contributed by atoms with Crippen LogP contribution in [0.2, 0.25) is 0 Å². The molecule has 0 aliphatic heterocycles. The molecule has 0 atom stereocenters. The van der Waals surface area contributed by atoms with Crippen LogP contribution in [0.1, 0.15) is 42.9 Å². The molecule has 2 aliphatic carbocycles. The number of halogens is 1. The van der Waals surface area contributed by atoms with Crippen molar-refractivity contribution >= 4 is 0 Å². The summed E-state index contributed by atoms with van der Waals surface area (Å²) in [5.74, 6) is 1.05. The third kappa shape index (κ3) is 2.45. The first-order chi connectivity index (χ1) is 9.79. The third-order valence-corrected chi connectivity index (χ3v) is 3.89. The standard InChI is InChI=1S/C15H17FN4/c16-12-7-11(8-17-13-3-4-13)15(18-9-12)20-6-5-14(19-20)10-1-2-10/h5-7,9-10,13,17H,1-4,8H2. The van der Waals surface area contributed by atoms with Crippen molar-refractivity contribution in [1.82, 2.24) is 20.1 Å². The Bertz CT molecular complexity index is 629. The molecular formula is C15H17FN4. The highest BCUT2D eigenvalue weighted by molar-refractivity contribution is 5.34. The summed E-state index contributed by atoms with van der Waals surface area (Å²) in [4.78, 5) is 4.23. The average Bonchev–Trinajstić information content (AvgIpc) is 3.37. The van der Waals surface area contributed by atoms with Crippen LogP contribution in [0, 0.1) is 5.82 Å². The fourth-order valence-corrected chi connectivity index (χ4v) is 2.40. The summed E-state index contributed by atoms with van der Waals surface area (Å²) >= 11 is 0. The molecule has 2 aromatic heterocycles. The van der Waals surface area contributed by atoms with Gasteiger partial charge < -0.3 is 5.32 Å². The number of hydrogen-bond donors (Lipinski definition) is 1. The van der Waals surface area contributed by atoms with E-state index in [-0.39, 0.29) is 5.82 Å². The molecule has 1 N–H and O–H groups in total. The van der Waals surface area contributed by atoms with Crippen molar-refractivity contribution in [3.8, 4) is 5.82 Å². The molecular weight excluding hydrogens is 255 g/mol. The predicted octanol–water partition coefficient (Wildman–Crippen LogP) is 2.54. The lowest BCUT2D eigenvalue weighted by atomic mass is 10.2. The molecule has 4 rings (SSSR count). The number of nitrogens with one attached hydrogen (secondary N) is 1. The van der Waals surface area contributed by atoms with Gasteiger partial charge in [0.2, 0.25) is 0 Å². The van der Waals surface area contributed by atoms with E-state index >= 15 is 0 Å². The molecule has 0 bridgehead atoms. The Morgan fingerprint density at radius 3 is 2.90 bits per heavy atom. The Morgan fingerprint density at radius 2 is 2.15 bits per heavy atom. The largest absolute Gasteiger partial charge is 0.310 e. The van der Waals surface area contributed by atoms with E-state index in [4.69, 9.17) is 0 Å². The highest BCUT2D eigenvalue weighted by Crippen LogP contribution is 2.39. The van der Waals surface area contributed by atoms with Gasteiger partial charge in [-0.1, -0.05) is 0 Å². The second-order valence-electron chi connectivity index (χ2n) is 5.75. The summed E-state index contributed by atoms with van der Waals surface area (Å²) in [6, 6.07) is 4.18. The maximum atomic E-state index is 13.4. The first kappa shape index (κ1) is 12.0. The van der Waals surface area contributed by atoms with Crippen LogP contribution in [-0.2, 0) is 6.54 Å². The molecule has 2 saturated carbocycles. The Morgan fingerprint density at radius 1 is 1.30 bits per heavy atom. The van der Waals surface area contributed by atoms with Crippen LogP contribution in [0.15, 0.2) is 24.5 Å². The topological polar surface area (TPSA) is 42.7 Å². The molecule has 0 spiro atoms. The van der Waals surface area contributed by atoms with Crippen LogP contribution in [0.4, 0.5) is 4.39 Å². The molecule has 2 heterocycles. The van der Waals surface area contributed by atoms with Crippen molar-refractivity contribution < 1.29 is 4.39 Å². The van der Waals surface area contributed by atoms with E-state index < -0.39 is 0 Å². The van der Waals surface area contributed by atoms with Crippen LogP contribution in [-0.4, -0.2) is 20.8 Å². The van der Waals surface area contributed by atoms with Crippen LogP contribution >= 0.6 is 0 Å². The Hall–Kier alpha value is -1.75. The van der Waals surface area contributed by atoms with Crippen LogP contribution < -0.4 is 5.32 Å². The van der Waals surface area contributed by atoms with Gasteiger partial charge in [0.25, 0.3) is 0 Å². The summed E-state index contributed by atoms with van der Waals surface area (Å²) in [7, 11) is 0. The minimum absolute atomic E-state index is 0.295. The van der Waals surface area contributed by atoms with Crippen molar-refractivity contribution in [2.45, 2.75) is 44.2 Å². The predicted molar refractivity (Wildman–Crippen MR) is 73.2 cm³/mol. The van der Waals surface area contributed by atoms with Crippen LogP contribution in [0.5, 0.6) is 0 Å². The maximum absolute atomic E-state index is 13.4. The van der Waals surface area contributed by atoms with E-state index in [0.29, 0.717) is 18.5 Å². The van der Waals surface area contributed by atoms with E-state index in [1.165, 1.54) is 31.9 Å². The molecule has 0 saturated heterocycles. The molecule has 2 aromatic rings. The molecule has 0 unspecified atom stereocenters. The van der Waals surface area contributed by atoms with Gasteiger partial charge in [-0.15, -0.1) is 0 Å². The molecule has 2 fully saturated rings. The first-order valence-corrected chi connectivity index (χ1v) is 7.23. The minimum Gasteiger partial charge on any atom is -0.310 e.